The molecule has 0 radical (unpaired) electrons. The van der Waals surface area contributed by atoms with Gasteiger partial charge in [-0.3, -0.25) is 15.0 Å². The number of nitrogens with zero attached hydrogens (tertiary/aromatic N) is 1. The van der Waals surface area contributed by atoms with Crippen molar-refractivity contribution in [1.29, 1.82) is 5.41 Å². The number of rotatable bonds is 9. The molecule has 2 aliphatic rings. The fourth-order valence-corrected chi connectivity index (χ4v) is 5.74. The third-order valence-corrected chi connectivity index (χ3v) is 7.86. The lowest BCUT2D eigenvalue weighted by Crippen LogP contribution is -2.59. The molecule has 0 aromatic rings. The van der Waals surface area contributed by atoms with Crippen molar-refractivity contribution < 1.29 is 19.1 Å². The second kappa shape index (κ2) is 11.8. The fraction of sp³-hybridized carbons (Fsp3) is 0.818. The Hall–Kier alpha value is -1.97. The zero-order valence-electron chi connectivity index (χ0n) is 19.7. The van der Waals surface area contributed by atoms with Gasteiger partial charge < -0.3 is 26.0 Å². The number of amides is 3. The second-order valence-corrected chi connectivity index (χ2v) is 11.1. The van der Waals surface area contributed by atoms with Crippen LogP contribution in [0.5, 0.6) is 0 Å². The number of alkyl carbamates (subject to hydrolysis) is 1. The summed E-state index contributed by atoms with van der Waals surface area (Å²) in [4.78, 5) is 40.0. The van der Waals surface area contributed by atoms with Crippen LogP contribution in [-0.4, -0.2) is 71.4 Å². The molecule has 0 spiro atoms. The maximum atomic E-state index is 13.5. The quantitative estimate of drug-likeness (QED) is 0.301. The normalized spacial score (nSPS) is 24.5. The van der Waals surface area contributed by atoms with Gasteiger partial charge in [-0.2, -0.15) is 11.8 Å². The number of amidine groups is 1. The molecule has 2 rings (SSSR count). The van der Waals surface area contributed by atoms with E-state index in [2.05, 4.69) is 10.6 Å². The van der Waals surface area contributed by atoms with Crippen LogP contribution < -0.4 is 16.4 Å². The second-order valence-electron chi connectivity index (χ2n) is 9.21. The first kappa shape index (κ1) is 26.3. The van der Waals surface area contributed by atoms with Crippen LogP contribution in [0.25, 0.3) is 0 Å². The van der Waals surface area contributed by atoms with Crippen molar-refractivity contribution in [3.8, 4) is 0 Å². The highest BCUT2D eigenvalue weighted by atomic mass is 32.2. The van der Waals surface area contributed by atoms with Gasteiger partial charge in [-0.15, -0.1) is 0 Å². The third-order valence-electron chi connectivity index (χ3n) is 6.60. The van der Waals surface area contributed by atoms with Gasteiger partial charge in [-0.05, 0) is 64.0 Å². The van der Waals surface area contributed by atoms with Gasteiger partial charge in [0.05, 0.1) is 12.9 Å². The Morgan fingerprint density at radius 2 is 1.88 bits per heavy atom. The molecule has 1 saturated heterocycles. The van der Waals surface area contributed by atoms with Crippen molar-refractivity contribution in [3.05, 3.63) is 0 Å². The molecule has 2 fully saturated rings. The van der Waals surface area contributed by atoms with Crippen molar-refractivity contribution in [3.63, 3.8) is 0 Å². The van der Waals surface area contributed by atoms with E-state index in [1.165, 1.54) is 7.11 Å². The molecule has 5 N–H and O–H groups in total. The zero-order valence-corrected chi connectivity index (χ0v) is 20.6. The van der Waals surface area contributed by atoms with E-state index < -0.39 is 22.9 Å². The number of carbonyl (C=O) groups excluding carboxylic acids is 3. The largest absolute Gasteiger partial charge is 0.453 e. The highest BCUT2D eigenvalue weighted by molar-refractivity contribution is 8.00. The Balaban J connectivity index is 2.00. The molecule has 1 aliphatic carbocycles. The molecule has 0 aromatic heterocycles. The van der Waals surface area contributed by atoms with E-state index >= 15 is 0 Å². The number of nitrogens with two attached hydrogens (primary N) is 1. The van der Waals surface area contributed by atoms with E-state index in [4.69, 9.17) is 15.9 Å². The first-order chi connectivity index (χ1) is 15.1. The molecular formula is C22H39N5O4S. The number of hydrogen-bond donors (Lipinski definition) is 4. The minimum Gasteiger partial charge on any atom is -0.453 e. The van der Waals surface area contributed by atoms with E-state index in [1.807, 2.05) is 20.8 Å². The number of ether oxygens (including phenoxy) is 1. The monoisotopic (exact) mass is 469 g/mol. The van der Waals surface area contributed by atoms with Gasteiger partial charge in [0.25, 0.3) is 0 Å². The van der Waals surface area contributed by atoms with Crippen molar-refractivity contribution in [2.75, 3.05) is 26.0 Å². The number of likely N-dealkylation sites (tertiary alicyclic amines) is 1. The van der Waals surface area contributed by atoms with Crippen LogP contribution in [0, 0.1) is 17.2 Å². The van der Waals surface area contributed by atoms with E-state index in [0.717, 1.165) is 37.9 Å². The fourth-order valence-electron chi connectivity index (χ4n) is 4.67. The Bertz CT molecular complexity index is 694. The number of nitrogens with one attached hydrogen (secondary N) is 3. The molecule has 10 heteroatoms. The molecule has 182 valence electrons. The number of carbonyl (C=O) groups is 3. The lowest BCUT2D eigenvalue weighted by atomic mass is 9.81. The first-order valence-electron chi connectivity index (χ1n) is 11.5. The first-order valence-corrected chi connectivity index (χ1v) is 12.5. The average Bonchev–Trinajstić information content (AvgIpc) is 3.25. The molecule has 0 aromatic carbocycles. The van der Waals surface area contributed by atoms with Gasteiger partial charge in [0.1, 0.15) is 12.1 Å². The molecule has 9 nitrogen and oxygen atoms in total. The molecule has 1 aliphatic heterocycles. The Morgan fingerprint density at radius 1 is 1.22 bits per heavy atom. The predicted octanol–water partition coefficient (Wildman–Crippen LogP) is 2.09. The Kier molecular flexibility index (Phi) is 9.66. The summed E-state index contributed by atoms with van der Waals surface area (Å²) in [6.07, 6.45) is 4.34. The summed E-state index contributed by atoms with van der Waals surface area (Å²) in [5, 5.41) is 13.3. The van der Waals surface area contributed by atoms with E-state index in [0.29, 0.717) is 25.4 Å². The summed E-state index contributed by atoms with van der Waals surface area (Å²) in [5.41, 5.74) is 5.61. The SMILES string of the molecule is CCSC(C)(C)[C@@H](NC(=O)OC)C(=O)N1CCC[C@H]1C(=O)NC[C@H]1CC[C@H](C(=N)N)CC1. The lowest BCUT2D eigenvalue weighted by molar-refractivity contribution is -0.140. The highest BCUT2D eigenvalue weighted by Gasteiger charge is 2.44. The van der Waals surface area contributed by atoms with Crippen LogP contribution in [0.4, 0.5) is 4.79 Å². The molecule has 1 saturated carbocycles. The molecule has 32 heavy (non-hydrogen) atoms. The molecule has 3 amide bonds. The predicted molar refractivity (Wildman–Crippen MR) is 127 cm³/mol. The number of methoxy groups -OCH3 is 1. The molecular weight excluding hydrogens is 430 g/mol. The number of hydrogen-bond acceptors (Lipinski definition) is 6. The average molecular weight is 470 g/mol. The molecule has 2 atom stereocenters. The van der Waals surface area contributed by atoms with Gasteiger partial charge in [0.15, 0.2) is 0 Å². The van der Waals surface area contributed by atoms with Crippen LogP contribution in [0.2, 0.25) is 0 Å². The van der Waals surface area contributed by atoms with Crippen LogP contribution in [0.3, 0.4) is 0 Å². The Labute approximate surface area is 195 Å². The maximum absolute atomic E-state index is 13.5. The lowest BCUT2D eigenvalue weighted by Gasteiger charge is -2.37. The van der Waals surface area contributed by atoms with Crippen LogP contribution in [0.1, 0.15) is 59.3 Å². The van der Waals surface area contributed by atoms with E-state index in [-0.39, 0.29) is 23.6 Å². The standard InChI is InChI=1S/C22H39N5O4S/c1-5-32-22(2,3)17(26-21(30)31-4)20(29)27-12-6-7-16(27)19(28)25-13-14-8-10-15(11-9-14)18(23)24/h14-17H,5-13H2,1-4H3,(H3,23,24)(H,25,28)(H,26,30)/t14-,15-,16-,17-/m0/s1. The van der Waals surface area contributed by atoms with Crippen molar-refractivity contribution in [2.24, 2.45) is 17.6 Å². The van der Waals surface area contributed by atoms with E-state index in [1.54, 1.807) is 16.7 Å². The zero-order chi connectivity index (χ0) is 23.9. The van der Waals surface area contributed by atoms with Crippen molar-refractivity contribution in [2.45, 2.75) is 76.1 Å². The third kappa shape index (κ3) is 6.76. The van der Waals surface area contributed by atoms with E-state index in [9.17, 15) is 14.4 Å². The van der Waals surface area contributed by atoms with Crippen molar-refractivity contribution >= 4 is 35.5 Å². The summed E-state index contributed by atoms with van der Waals surface area (Å²) in [5.74, 6) is 1.19. The topological polar surface area (TPSA) is 138 Å². The summed E-state index contributed by atoms with van der Waals surface area (Å²) in [6, 6.07) is -1.32. The summed E-state index contributed by atoms with van der Waals surface area (Å²) >= 11 is 1.58. The minimum absolute atomic E-state index is 0.137. The molecule has 0 unspecified atom stereocenters. The van der Waals surface area contributed by atoms with Gasteiger partial charge in [-0.1, -0.05) is 6.92 Å². The van der Waals surface area contributed by atoms with Crippen molar-refractivity contribution in [1.82, 2.24) is 15.5 Å². The summed E-state index contributed by atoms with van der Waals surface area (Å²) in [7, 11) is 1.27. The smallest absolute Gasteiger partial charge is 0.407 e. The maximum Gasteiger partial charge on any atom is 0.407 e. The van der Waals surface area contributed by atoms with Gasteiger partial charge >= 0.3 is 6.09 Å². The van der Waals surface area contributed by atoms with Crippen LogP contribution in [-0.2, 0) is 14.3 Å². The van der Waals surface area contributed by atoms with Gasteiger partial charge in [0, 0.05) is 23.8 Å². The van der Waals surface area contributed by atoms with Gasteiger partial charge in [-0.25, -0.2) is 4.79 Å². The summed E-state index contributed by atoms with van der Waals surface area (Å²) in [6.45, 7) is 6.91. The van der Waals surface area contributed by atoms with Crippen LogP contribution >= 0.6 is 11.8 Å². The van der Waals surface area contributed by atoms with Gasteiger partial charge in [0.2, 0.25) is 11.8 Å². The Morgan fingerprint density at radius 3 is 2.44 bits per heavy atom. The highest BCUT2D eigenvalue weighted by Crippen LogP contribution is 2.31. The summed E-state index contributed by atoms with van der Waals surface area (Å²) < 4.78 is 4.18. The molecule has 0 bridgehead atoms. The number of thioether (sulfide) groups is 1. The minimum atomic E-state index is -0.796. The van der Waals surface area contributed by atoms with Crippen LogP contribution in [0.15, 0.2) is 0 Å². The molecule has 1 heterocycles.